The monoisotopic (exact) mass is 1090 g/mol. The zero-order valence-corrected chi connectivity index (χ0v) is 49.0. The fourth-order valence-electron chi connectivity index (χ4n) is 8.84. The molecular weight excluding hydrogens is 979 g/mol. The van der Waals surface area contributed by atoms with Gasteiger partial charge in [-0.15, -0.1) is 0 Å². The van der Waals surface area contributed by atoms with Crippen LogP contribution in [0.4, 0.5) is 0 Å². The van der Waals surface area contributed by atoms with Gasteiger partial charge in [-0.2, -0.15) is 0 Å². The van der Waals surface area contributed by atoms with Crippen molar-refractivity contribution in [1.29, 1.82) is 0 Å². The second-order valence-corrected chi connectivity index (χ2v) is 20.8. The third kappa shape index (κ3) is 41.1. The first kappa shape index (κ1) is 72.1. The molecule has 8 unspecified atom stereocenters. The van der Waals surface area contributed by atoms with Crippen LogP contribution in [0.5, 0.6) is 0 Å². The molecule has 11 nitrogen and oxygen atoms in total. The fourth-order valence-corrected chi connectivity index (χ4v) is 8.84. The Morgan fingerprint density at radius 1 is 0.526 bits per heavy atom. The third-order valence-corrected chi connectivity index (χ3v) is 13.7. The summed E-state index contributed by atoms with van der Waals surface area (Å²) < 4.78 is 17.5. The Kier molecular flexibility index (Phi) is 49.6. The number of carbonyl (C=O) groups excluding carboxylic acids is 2. The van der Waals surface area contributed by atoms with E-state index < -0.39 is 67.4 Å². The van der Waals surface area contributed by atoms with Gasteiger partial charge < -0.3 is 45.1 Å². The number of amides is 1. The first-order chi connectivity index (χ1) is 38.2. The topological polar surface area (TPSA) is 175 Å². The highest BCUT2D eigenvalue weighted by atomic mass is 16.7. The lowest BCUT2D eigenvalue weighted by atomic mass is 9.99. The van der Waals surface area contributed by atoms with Gasteiger partial charge in [-0.1, -0.05) is 258 Å². The van der Waals surface area contributed by atoms with Gasteiger partial charge in [-0.05, 0) is 83.5 Å². The molecule has 0 aromatic heterocycles. The van der Waals surface area contributed by atoms with Crippen LogP contribution in [0.2, 0.25) is 0 Å². The first-order valence-electron chi connectivity index (χ1n) is 30.9. The maximum atomic E-state index is 13.4. The molecule has 0 spiro atoms. The van der Waals surface area contributed by atoms with Gasteiger partial charge in [0.05, 0.1) is 25.4 Å². The maximum Gasteiger partial charge on any atom is 0.306 e. The van der Waals surface area contributed by atoms with E-state index in [1.807, 2.05) is 60.8 Å². The lowest BCUT2D eigenvalue weighted by molar-refractivity contribution is -0.305. The molecular formula is C67H111NO10. The molecule has 1 amide bonds. The van der Waals surface area contributed by atoms with E-state index in [0.717, 1.165) is 83.5 Å². The number of rotatable bonds is 50. The van der Waals surface area contributed by atoms with E-state index in [9.17, 15) is 35.1 Å². The van der Waals surface area contributed by atoms with Crippen molar-refractivity contribution in [3.8, 4) is 0 Å². The van der Waals surface area contributed by atoms with Crippen LogP contribution in [-0.4, -0.2) is 99.6 Å². The van der Waals surface area contributed by atoms with Gasteiger partial charge >= 0.3 is 5.97 Å². The predicted molar refractivity (Wildman–Crippen MR) is 324 cm³/mol. The summed E-state index contributed by atoms with van der Waals surface area (Å²) in [5.41, 5.74) is 0. The van der Waals surface area contributed by atoms with Crippen molar-refractivity contribution >= 4 is 11.9 Å². The molecule has 1 saturated heterocycles. The van der Waals surface area contributed by atoms with Gasteiger partial charge in [-0.25, -0.2) is 0 Å². The van der Waals surface area contributed by atoms with Crippen molar-refractivity contribution < 1.29 is 49.3 Å². The SMILES string of the molecule is CC/C=C/C=C/C=C\C=C/C=C/CCCC(=O)OC1C(OCC(NC(=O)C(O)CCCCCCCCCC/C=C\C/C=C\C/C=C\C/C=C\CCCCC)C(O)/C=C/CCCCCCCCCCCC)OC(CO)C(O)C1O. The molecule has 78 heavy (non-hydrogen) atoms. The standard InChI is InChI=1S/C67H111NO10/c1-4-7-10-13-16-19-22-25-26-27-28-29-30-31-32-33-34-35-37-39-42-45-48-51-54-60(71)66(75)68-58(59(70)53-50-47-44-41-38-24-21-18-15-12-9-6-3)57-76-67-65(64(74)63(73)61(56-69)77-67)78-62(72)55-52-49-46-43-40-36-23-20-17-14-11-8-5-2/h8,11,14,16-17,19-20,23,25-26,28-29,31-32,36,40,43,46,50,53,58-61,63-65,67,69-71,73-74H,4-7,9-10,12-13,15,18,21-22,24,27,30,33-35,37-39,41-42,44-45,47-49,51-52,54-57H2,1-3H3,(H,68,75)/b11-8+,17-14+,19-16-,23-20-,26-25-,29-28-,32-31-,40-36-,46-43+,53-50+. The lowest BCUT2D eigenvalue weighted by Crippen LogP contribution is -2.61. The van der Waals surface area contributed by atoms with Gasteiger partial charge in [0.1, 0.15) is 24.4 Å². The minimum Gasteiger partial charge on any atom is -0.454 e. The Morgan fingerprint density at radius 3 is 1.51 bits per heavy atom. The van der Waals surface area contributed by atoms with Crippen LogP contribution >= 0.6 is 0 Å². The maximum absolute atomic E-state index is 13.4. The molecule has 1 aliphatic rings. The normalized spacial score (nSPS) is 19.8. The smallest absolute Gasteiger partial charge is 0.306 e. The van der Waals surface area contributed by atoms with E-state index in [0.29, 0.717) is 19.3 Å². The predicted octanol–water partition coefficient (Wildman–Crippen LogP) is 14.7. The number of esters is 1. The van der Waals surface area contributed by atoms with Gasteiger partial charge in [-0.3, -0.25) is 9.59 Å². The summed E-state index contributed by atoms with van der Waals surface area (Å²) in [7, 11) is 0. The number of carbonyl (C=O) groups is 2. The molecule has 0 radical (unpaired) electrons. The Morgan fingerprint density at radius 2 is 0.974 bits per heavy atom. The van der Waals surface area contributed by atoms with Crippen LogP contribution in [0.1, 0.15) is 226 Å². The molecule has 1 heterocycles. The molecule has 11 heteroatoms. The van der Waals surface area contributed by atoms with Gasteiger partial charge in [0, 0.05) is 6.42 Å². The summed E-state index contributed by atoms with van der Waals surface area (Å²) in [5, 5.41) is 56.9. The first-order valence-corrected chi connectivity index (χ1v) is 30.9. The molecule has 6 N–H and O–H groups in total. The minimum atomic E-state index is -1.65. The average Bonchev–Trinajstić information content (AvgIpc) is 3.44. The van der Waals surface area contributed by atoms with E-state index in [1.54, 1.807) is 6.08 Å². The Labute approximate surface area is 474 Å². The number of allylic oxidation sites excluding steroid dienone is 19. The molecule has 1 rings (SSSR count). The zero-order chi connectivity index (χ0) is 56.8. The highest BCUT2D eigenvalue weighted by Gasteiger charge is 2.47. The summed E-state index contributed by atoms with van der Waals surface area (Å²) in [5.74, 6) is -1.29. The summed E-state index contributed by atoms with van der Waals surface area (Å²) in [6.07, 6.45) is 63.9. The molecule has 0 bridgehead atoms. The molecule has 444 valence electrons. The second kappa shape index (κ2) is 53.7. The van der Waals surface area contributed by atoms with E-state index in [4.69, 9.17) is 14.2 Å². The van der Waals surface area contributed by atoms with Crippen molar-refractivity contribution in [2.45, 2.75) is 275 Å². The number of aliphatic hydroxyl groups excluding tert-OH is 5. The van der Waals surface area contributed by atoms with Gasteiger partial charge in [0.2, 0.25) is 5.91 Å². The van der Waals surface area contributed by atoms with Crippen LogP contribution < -0.4 is 5.32 Å². The Hall–Kier alpha value is -3.94. The fraction of sp³-hybridized carbons (Fsp3) is 0.672. The van der Waals surface area contributed by atoms with Crippen LogP contribution in [0.25, 0.3) is 0 Å². The quantitative estimate of drug-likeness (QED) is 0.0149. The molecule has 1 fully saturated rings. The molecule has 8 atom stereocenters. The Balaban J connectivity index is 2.68. The molecule has 1 aliphatic heterocycles. The highest BCUT2D eigenvalue weighted by Crippen LogP contribution is 2.26. The summed E-state index contributed by atoms with van der Waals surface area (Å²) in [6.45, 7) is 5.55. The van der Waals surface area contributed by atoms with E-state index in [2.05, 4.69) is 80.8 Å². The highest BCUT2D eigenvalue weighted by molar-refractivity contribution is 5.80. The second-order valence-electron chi connectivity index (χ2n) is 20.8. The van der Waals surface area contributed by atoms with Crippen molar-refractivity contribution in [2.24, 2.45) is 0 Å². The number of hydrogen-bond donors (Lipinski definition) is 6. The van der Waals surface area contributed by atoms with Crippen molar-refractivity contribution in [2.75, 3.05) is 13.2 Å². The number of aliphatic hydroxyl groups is 5. The number of unbranched alkanes of at least 4 members (excludes halogenated alkanes) is 22. The number of hydrogen-bond acceptors (Lipinski definition) is 10. The van der Waals surface area contributed by atoms with Crippen molar-refractivity contribution in [3.05, 3.63) is 122 Å². The van der Waals surface area contributed by atoms with E-state index in [-0.39, 0.29) is 19.4 Å². The average molecular weight is 1090 g/mol. The summed E-state index contributed by atoms with van der Waals surface area (Å²) in [4.78, 5) is 26.5. The van der Waals surface area contributed by atoms with Crippen LogP contribution in [0.3, 0.4) is 0 Å². The third-order valence-electron chi connectivity index (χ3n) is 13.7. The van der Waals surface area contributed by atoms with Crippen molar-refractivity contribution in [3.63, 3.8) is 0 Å². The van der Waals surface area contributed by atoms with Gasteiger partial charge in [0.25, 0.3) is 0 Å². The van der Waals surface area contributed by atoms with Gasteiger partial charge in [0.15, 0.2) is 12.4 Å². The van der Waals surface area contributed by atoms with Crippen LogP contribution in [-0.2, 0) is 23.8 Å². The van der Waals surface area contributed by atoms with E-state index in [1.165, 1.54) is 89.9 Å². The molecule has 0 saturated carbocycles. The molecule has 0 aromatic carbocycles. The molecule has 0 aliphatic carbocycles. The summed E-state index contributed by atoms with van der Waals surface area (Å²) in [6, 6.07) is -1.05. The minimum absolute atomic E-state index is 0.0203. The van der Waals surface area contributed by atoms with E-state index >= 15 is 0 Å². The van der Waals surface area contributed by atoms with Crippen molar-refractivity contribution in [1.82, 2.24) is 5.32 Å². The van der Waals surface area contributed by atoms with Crippen LogP contribution in [0.15, 0.2) is 122 Å². The number of ether oxygens (including phenoxy) is 3. The largest absolute Gasteiger partial charge is 0.454 e. The molecule has 0 aromatic rings. The zero-order valence-electron chi connectivity index (χ0n) is 49.0. The summed E-state index contributed by atoms with van der Waals surface area (Å²) >= 11 is 0. The Bertz CT molecular complexity index is 1730. The van der Waals surface area contributed by atoms with Crippen LogP contribution in [0, 0.1) is 0 Å². The number of nitrogens with one attached hydrogen (secondary N) is 1. The lowest BCUT2D eigenvalue weighted by Gasteiger charge is -2.41.